The van der Waals surface area contributed by atoms with Gasteiger partial charge in [-0.15, -0.1) is 0 Å². The maximum atomic E-state index is 8.79. The first-order valence-corrected chi connectivity index (χ1v) is 5.91. The van der Waals surface area contributed by atoms with Crippen LogP contribution < -0.4 is 10.2 Å². The topological polar surface area (TPSA) is 77.7 Å². The number of hydrogen-bond donors (Lipinski definition) is 1. The molecule has 96 valence electrons. The third-order valence-electron chi connectivity index (χ3n) is 2.15. The van der Waals surface area contributed by atoms with Gasteiger partial charge in [0, 0.05) is 17.8 Å². The summed E-state index contributed by atoms with van der Waals surface area (Å²) in [5.74, 6) is 0.415. The second-order valence-electron chi connectivity index (χ2n) is 3.52. The molecule has 0 spiro atoms. The van der Waals surface area contributed by atoms with Gasteiger partial charge in [-0.05, 0) is 35.9 Å². The molecule has 1 N–H and O–H groups in total. The monoisotopic (exact) mass is 294 g/mol. The first kappa shape index (κ1) is 13.3. The smallest absolute Gasteiger partial charge is 0.244 e. The molecule has 0 aliphatic heterocycles. The lowest BCUT2D eigenvalue weighted by Crippen LogP contribution is -2.14. The highest BCUT2D eigenvalue weighted by Gasteiger charge is 2.09. The van der Waals surface area contributed by atoms with E-state index in [-0.39, 0.29) is 17.2 Å². The molecule has 0 fully saturated rings. The Morgan fingerprint density at radius 1 is 1.16 bits per heavy atom. The molecule has 0 bridgehead atoms. The van der Waals surface area contributed by atoms with Crippen LogP contribution in [0.4, 0.5) is 17.6 Å². The Bertz CT molecular complexity index is 622. The van der Waals surface area contributed by atoms with Crippen LogP contribution in [0.15, 0.2) is 24.3 Å². The molecular formula is C11H8Cl2N6. The number of nitrogens with one attached hydrogen (secondary N) is 1. The van der Waals surface area contributed by atoms with E-state index in [1.165, 1.54) is 11.9 Å². The molecule has 6 nitrogen and oxygen atoms in total. The van der Waals surface area contributed by atoms with Gasteiger partial charge in [-0.25, -0.2) is 0 Å². The molecule has 2 rings (SSSR count). The van der Waals surface area contributed by atoms with Crippen LogP contribution in [0, 0.1) is 11.5 Å². The van der Waals surface area contributed by atoms with Crippen LogP contribution >= 0.6 is 23.2 Å². The Kier molecular flexibility index (Phi) is 4.00. The van der Waals surface area contributed by atoms with E-state index in [2.05, 4.69) is 20.3 Å². The van der Waals surface area contributed by atoms with Crippen LogP contribution in [-0.4, -0.2) is 22.0 Å². The van der Waals surface area contributed by atoms with Crippen LogP contribution in [0.5, 0.6) is 0 Å². The van der Waals surface area contributed by atoms with Crippen molar-refractivity contribution in [2.75, 3.05) is 17.3 Å². The summed E-state index contributed by atoms with van der Waals surface area (Å²) in [5.41, 5.74) is 0.747. The largest absolute Gasteiger partial charge is 0.324 e. The summed E-state index contributed by atoms with van der Waals surface area (Å²) in [5, 5.41) is 12.4. The lowest BCUT2D eigenvalue weighted by Gasteiger charge is -2.09. The van der Waals surface area contributed by atoms with E-state index in [0.717, 1.165) is 5.69 Å². The fourth-order valence-corrected chi connectivity index (χ4v) is 1.53. The number of aromatic nitrogens is 3. The van der Waals surface area contributed by atoms with E-state index < -0.39 is 0 Å². The molecule has 8 heteroatoms. The second kappa shape index (κ2) is 5.69. The summed E-state index contributed by atoms with van der Waals surface area (Å²) >= 11 is 11.6. The minimum atomic E-state index is 0.00330. The third-order valence-corrected chi connectivity index (χ3v) is 2.57. The molecular weight excluding hydrogens is 287 g/mol. The van der Waals surface area contributed by atoms with Gasteiger partial charge in [-0.3, -0.25) is 4.90 Å². The quantitative estimate of drug-likeness (QED) is 0.693. The lowest BCUT2D eigenvalue weighted by atomic mass is 10.3. The number of nitriles is 1. The van der Waals surface area contributed by atoms with Crippen LogP contribution in [0.3, 0.4) is 0 Å². The second-order valence-corrected chi connectivity index (χ2v) is 4.29. The van der Waals surface area contributed by atoms with Gasteiger partial charge in [-0.2, -0.15) is 20.2 Å². The number of hydrogen-bond acceptors (Lipinski definition) is 6. The van der Waals surface area contributed by atoms with Gasteiger partial charge in [-0.1, -0.05) is 11.6 Å². The summed E-state index contributed by atoms with van der Waals surface area (Å²) in [6.45, 7) is 0. The average Bonchev–Trinajstić information content (AvgIpc) is 2.40. The van der Waals surface area contributed by atoms with Crippen molar-refractivity contribution < 1.29 is 0 Å². The van der Waals surface area contributed by atoms with Gasteiger partial charge in [0.1, 0.15) is 0 Å². The molecule has 0 atom stereocenters. The summed E-state index contributed by atoms with van der Waals surface area (Å²) in [4.78, 5) is 13.0. The summed E-state index contributed by atoms with van der Waals surface area (Å²) in [7, 11) is 1.53. The van der Waals surface area contributed by atoms with Gasteiger partial charge in [0.15, 0.2) is 6.19 Å². The van der Waals surface area contributed by atoms with E-state index in [0.29, 0.717) is 5.02 Å². The van der Waals surface area contributed by atoms with Crippen LogP contribution in [-0.2, 0) is 0 Å². The molecule has 19 heavy (non-hydrogen) atoms. The number of rotatable bonds is 3. The zero-order valence-corrected chi connectivity index (χ0v) is 11.3. The Morgan fingerprint density at radius 2 is 1.84 bits per heavy atom. The van der Waals surface area contributed by atoms with E-state index in [4.69, 9.17) is 28.5 Å². The Morgan fingerprint density at radius 3 is 2.47 bits per heavy atom. The van der Waals surface area contributed by atoms with Crippen molar-refractivity contribution in [3.63, 3.8) is 0 Å². The Balaban J connectivity index is 2.28. The molecule has 2 aromatic rings. The van der Waals surface area contributed by atoms with Crippen LogP contribution in [0.2, 0.25) is 10.3 Å². The maximum Gasteiger partial charge on any atom is 0.244 e. The normalized spacial score (nSPS) is 9.79. The average molecular weight is 295 g/mol. The van der Waals surface area contributed by atoms with Crippen molar-refractivity contribution in [3.8, 4) is 6.19 Å². The molecule has 1 aromatic heterocycles. The highest BCUT2D eigenvalue weighted by molar-refractivity contribution is 6.30. The molecule has 0 radical (unpaired) electrons. The number of nitrogens with zero attached hydrogens (tertiary/aromatic N) is 5. The van der Waals surface area contributed by atoms with Crippen molar-refractivity contribution in [2.24, 2.45) is 0 Å². The van der Waals surface area contributed by atoms with E-state index in [9.17, 15) is 0 Å². The van der Waals surface area contributed by atoms with Gasteiger partial charge in [0.05, 0.1) is 0 Å². The fourth-order valence-electron chi connectivity index (χ4n) is 1.25. The van der Waals surface area contributed by atoms with Gasteiger partial charge < -0.3 is 5.32 Å². The fraction of sp³-hybridized carbons (Fsp3) is 0.0909. The predicted molar refractivity (Wildman–Crippen MR) is 73.6 cm³/mol. The summed E-state index contributed by atoms with van der Waals surface area (Å²) < 4.78 is 0. The maximum absolute atomic E-state index is 8.79. The molecule has 0 unspecified atom stereocenters. The van der Waals surface area contributed by atoms with Gasteiger partial charge in [0.2, 0.25) is 17.2 Å². The van der Waals surface area contributed by atoms with Crippen molar-refractivity contribution in [1.29, 1.82) is 5.26 Å². The highest BCUT2D eigenvalue weighted by Crippen LogP contribution is 2.18. The van der Waals surface area contributed by atoms with E-state index in [1.54, 1.807) is 24.3 Å². The minimum absolute atomic E-state index is 0.00330. The molecule has 1 aromatic carbocycles. The summed E-state index contributed by atoms with van der Waals surface area (Å²) in [6.07, 6.45) is 1.88. The minimum Gasteiger partial charge on any atom is -0.324 e. The first-order chi connectivity index (χ1) is 9.08. The molecule has 0 amide bonds. The third kappa shape index (κ3) is 3.44. The molecule has 1 heterocycles. The van der Waals surface area contributed by atoms with Crippen LogP contribution in [0.25, 0.3) is 0 Å². The summed E-state index contributed by atoms with van der Waals surface area (Å²) in [6, 6.07) is 7.01. The van der Waals surface area contributed by atoms with Crippen molar-refractivity contribution in [2.45, 2.75) is 0 Å². The predicted octanol–water partition coefficient (Wildman–Crippen LogP) is 2.84. The first-order valence-electron chi connectivity index (χ1n) is 5.16. The van der Waals surface area contributed by atoms with Crippen LogP contribution in [0.1, 0.15) is 0 Å². The highest BCUT2D eigenvalue weighted by atomic mass is 35.5. The Labute approximate surface area is 119 Å². The standard InChI is InChI=1S/C11H8Cl2N6/c1-19(6-14)11-17-9(13)16-10(18-11)15-8-4-2-7(12)3-5-8/h2-5H,1H3,(H,15,16,17,18). The number of anilines is 3. The van der Waals surface area contributed by atoms with Gasteiger partial charge in [0.25, 0.3) is 0 Å². The molecule has 0 aliphatic rings. The molecule has 0 aliphatic carbocycles. The number of halogens is 2. The lowest BCUT2D eigenvalue weighted by molar-refractivity contribution is 0.992. The van der Waals surface area contributed by atoms with Crippen molar-refractivity contribution in [1.82, 2.24) is 15.0 Å². The SMILES string of the molecule is CN(C#N)c1nc(Cl)nc(Nc2ccc(Cl)cc2)n1. The van der Waals surface area contributed by atoms with E-state index >= 15 is 0 Å². The molecule has 0 saturated heterocycles. The zero-order valence-electron chi connectivity index (χ0n) is 9.80. The van der Waals surface area contributed by atoms with Crippen molar-refractivity contribution in [3.05, 3.63) is 34.6 Å². The number of benzene rings is 1. The van der Waals surface area contributed by atoms with Crippen molar-refractivity contribution >= 4 is 40.8 Å². The molecule has 0 saturated carbocycles. The zero-order chi connectivity index (χ0) is 13.8. The van der Waals surface area contributed by atoms with Gasteiger partial charge >= 0.3 is 0 Å². The Hall–Kier alpha value is -2.10. The van der Waals surface area contributed by atoms with E-state index in [1.807, 2.05) is 6.19 Å².